The molecule has 21 heavy (non-hydrogen) atoms. The Morgan fingerprint density at radius 1 is 1.38 bits per heavy atom. The molecule has 0 radical (unpaired) electrons. The van der Waals surface area contributed by atoms with Crippen molar-refractivity contribution >= 4 is 5.97 Å². The maximum absolute atomic E-state index is 12.4. The van der Waals surface area contributed by atoms with Crippen molar-refractivity contribution in [3.63, 3.8) is 0 Å². The molecule has 1 heterocycles. The highest BCUT2D eigenvalue weighted by atomic mass is 16.6. The van der Waals surface area contributed by atoms with E-state index in [1.165, 1.54) is 12.1 Å². The third-order valence-corrected chi connectivity index (χ3v) is 4.60. The minimum Gasteiger partial charge on any atom is -0.508 e. The number of allylic oxidation sites excluding steroid dienone is 1. The maximum Gasteiger partial charge on any atom is 0.391 e. The molecule has 0 spiro atoms. The molecule has 1 aromatic carbocycles. The van der Waals surface area contributed by atoms with Gasteiger partial charge in [0.15, 0.2) is 0 Å². The van der Waals surface area contributed by atoms with E-state index in [0.717, 1.165) is 11.1 Å². The fraction of sp³-hybridized carbons (Fsp3) is 0.400. The molecule has 1 N–H and O–H groups in total. The minimum atomic E-state index is -1.76. The number of phenolic OH excluding ortho intramolecular Hbond substituents is 1. The lowest BCUT2D eigenvalue weighted by Gasteiger charge is -2.39. The molecular formula is C15H15NO5. The van der Waals surface area contributed by atoms with Gasteiger partial charge in [0.2, 0.25) is 0 Å². The van der Waals surface area contributed by atoms with Crippen molar-refractivity contribution in [2.24, 2.45) is 0 Å². The summed E-state index contributed by atoms with van der Waals surface area (Å²) in [6.45, 7) is 3.75. The standard InChI is InChI=1S/C15H15NO5/c1-8-5-12-11-4-3-10(17)6-13(11)21-14(18)15(12,16(19)20)7-9(8)2/h3-4,6,12,17H,5,7H2,1-2H3/t12-,15+/m0/s1. The molecule has 0 saturated heterocycles. The van der Waals surface area contributed by atoms with Crippen LogP contribution in [-0.4, -0.2) is 21.5 Å². The number of esters is 1. The molecular weight excluding hydrogens is 274 g/mol. The second-order valence-electron chi connectivity index (χ2n) is 5.79. The zero-order valence-corrected chi connectivity index (χ0v) is 11.8. The van der Waals surface area contributed by atoms with E-state index in [1.807, 2.05) is 13.8 Å². The number of rotatable bonds is 1. The Labute approximate surface area is 121 Å². The van der Waals surface area contributed by atoms with Gasteiger partial charge in [-0.1, -0.05) is 17.2 Å². The van der Waals surface area contributed by atoms with Gasteiger partial charge in [-0.3, -0.25) is 10.1 Å². The lowest BCUT2D eigenvalue weighted by Crippen LogP contribution is -2.57. The second-order valence-corrected chi connectivity index (χ2v) is 5.79. The molecule has 0 bridgehead atoms. The van der Waals surface area contributed by atoms with E-state index in [9.17, 15) is 20.0 Å². The first kappa shape index (κ1) is 13.6. The monoisotopic (exact) mass is 289 g/mol. The highest BCUT2D eigenvalue weighted by Crippen LogP contribution is 2.51. The summed E-state index contributed by atoms with van der Waals surface area (Å²) in [6, 6.07) is 4.40. The number of carbonyl (C=O) groups excluding carboxylic acids is 1. The molecule has 6 heteroatoms. The molecule has 1 aliphatic heterocycles. The fourth-order valence-corrected chi connectivity index (χ4v) is 3.26. The largest absolute Gasteiger partial charge is 0.508 e. The highest BCUT2D eigenvalue weighted by Gasteiger charge is 2.63. The molecule has 110 valence electrons. The van der Waals surface area contributed by atoms with E-state index in [4.69, 9.17) is 4.74 Å². The van der Waals surface area contributed by atoms with E-state index < -0.39 is 22.3 Å². The van der Waals surface area contributed by atoms with Gasteiger partial charge in [0, 0.05) is 16.6 Å². The Hall–Kier alpha value is -2.37. The molecule has 0 fully saturated rings. The summed E-state index contributed by atoms with van der Waals surface area (Å²) >= 11 is 0. The number of hydrogen-bond acceptors (Lipinski definition) is 5. The van der Waals surface area contributed by atoms with Gasteiger partial charge in [0.05, 0.1) is 12.3 Å². The molecule has 0 saturated carbocycles. The van der Waals surface area contributed by atoms with Crippen LogP contribution in [0.2, 0.25) is 0 Å². The third kappa shape index (κ3) is 1.75. The van der Waals surface area contributed by atoms with Crippen LogP contribution in [0, 0.1) is 10.1 Å². The first-order chi connectivity index (χ1) is 9.86. The van der Waals surface area contributed by atoms with E-state index >= 15 is 0 Å². The first-order valence-electron chi connectivity index (χ1n) is 6.71. The molecule has 6 nitrogen and oxygen atoms in total. The molecule has 0 amide bonds. The Kier molecular flexibility index (Phi) is 2.79. The van der Waals surface area contributed by atoms with E-state index in [2.05, 4.69) is 0 Å². The fourth-order valence-electron chi connectivity index (χ4n) is 3.26. The van der Waals surface area contributed by atoms with Crippen molar-refractivity contribution in [2.45, 2.75) is 38.1 Å². The van der Waals surface area contributed by atoms with Crippen molar-refractivity contribution < 1.29 is 19.6 Å². The van der Waals surface area contributed by atoms with Crippen LogP contribution >= 0.6 is 0 Å². The quantitative estimate of drug-likeness (QED) is 0.282. The molecule has 0 aromatic heterocycles. The van der Waals surface area contributed by atoms with Crippen LogP contribution < -0.4 is 4.74 Å². The molecule has 3 rings (SSSR count). The van der Waals surface area contributed by atoms with Gasteiger partial charge in [-0.25, -0.2) is 4.79 Å². The summed E-state index contributed by atoms with van der Waals surface area (Å²) in [4.78, 5) is 23.5. The van der Waals surface area contributed by atoms with Crippen LogP contribution in [0.4, 0.5) is 0 Å². The average molecular weight is 289 g/mol. The van der Waals surface area contributed by atoms with Gasteiger partial charge in [-0.05, 0) is 26.3 Å². The molecule has 2 aliphatic rings. The molecule has 2 atom stereocenters. The number of hydrogen-bond donors (Lipinski definition) is 1. The summed E-state index contributed by atoms with van der Waals surface area (Å²) in [5.41, 5.74) is 0.775. The van der Waals surface area contributed by atoms with E-state index in [1.54, 1.807) is 6.07 Å². The normalized spacial score (nSPS) is 27.7. The van der Waals surface area contributed by atoms with Gasteiger partial charge in [0.1, 0.15) is 11.5 Å². The van der Waals surface area contributed by atoms with Crippen molar-refractivity contribution in [1.29, 1.82) is 0 Å². The summed E-state index contributed by atoms with van der Waals surface area (Å²) in [7, 11) is 0. The van der Waals surface area contributed by atoms with E-state index in [-0.39, 0.29) is 17.9 Å². The SMILES string of the molecule is CC1=C(C)C[C@]2([N+](=O)[O-])C(=O)Oc3cc(O)ccc3[C@@H]2C1. The molecule has 1 aliphatic carbocycles. The van der Waals surface area contributed by atoms with Crippen molar-refractivity contribution in [2.75, 3.05) is 0 Å². The Morgan fingerprint density at radius 2 is 2.10 bits per heavy atom. The number of phenols is 1. The Bertz CT molecular complexity index is 693. The molecule has 0 unspecified atom stereocenters. The number of carbonyl (C=O) groups is 1. The Balaban J connectivity index is 2.24. The summed E-state index contributed by atoms with van der Waals surface area (Å²) in [5, 5.41) is 21.2. The van der Waals surface area contributed by atoms with E-state index in [0.29, 0.717) is 12.0 Å². The van der Waals surface area contributed by atoms with Crippen molar-refractivity contribution in [1.82, 2.24) is 0 Å². The highest BCUT2D eigenvalue weighted by molar-refractivity contribution is 5.86. The topological polar surface area (TPSA) is 89.7 Å². The third-order valence-electron chi connectivity index (χ3n) is 4.60. The van der Waals surface area contributed by atoms with Crippen LogP contribution in [0.3, 0.4) is 0 Å². The van der Waals surface area contributed by atoms with Gasteiger partial charge >= 0.3 is 11.5 Å². The van der Waals surface area contributed by atoms with Gasteiger partial charge < -0.3 is 9.84 Å². The lowest BCUT2D eigenvalue weighted by atomic mass is 9.67. The number of aromatic hydroxyl groups is 1. The van der Waals surface area contributed by atoms with Crippen LogP contribution in [0.1, 0.15) is 38.2 Å². The molecule has 1 aromatic rings. The number of nitro groups is 1. The zero-order valence-electron chi connectivity index (χ0n) is 11.8. The van der Waals surface area contributed by atoms with Gasteiger partial charge in [-0.15, -0.1) is 0 Å². The predicted molar refractivity (Wildman–Crippen MR) is 73.8 cm³/mol. The van der Waals surface area contributed by atoms with Crippen molar-refractivity contribution in [3.05, 3.63) is 45.0 Å². The number of ether oxygens (including phenoxy) is 1. The number of benzene rings is 1. The number of nitrogens with zero attached hydrogens (tertiary/aromatic N) is 1. The lowest BCUT2D eigenvalue weighted by molar-refractivity contribution is -0.561. The first-order valence-corrected chi connectivity index (χ1v) is 6.71. The minimum absolute atomic E-state index is 0.0330. The smallest absolute Gasteiger partial charge is 0.391 e. The van der Waals surface area contributed by atoms with Crippen LogP contribution in [0.5, 0.6) is 11.5 Å². The zero-order chi connectivity index (χ0) is 15.4. The summed E-state index contributed by atoms with van der Waals surface area (Å²) in [6.07, 6.45) is 0.509. The van der Waals surface area contributed by atoms with Gasteiger partial charge in [0.25, 0.3) is 0 Å². The van der Waals surface area contributed by atoms with Crippen LogP contribution in [0.25, 0.3) is 0 Å². The Morgan fingerprint density at radius 3 is 2.76 bits per heavy atom. The summed E-state index contributed by atoms with van der Waals surface area (Å²) in [5.74, 6) is -1.22. The number of fused-ring (bicyclic) bond motifs is 3. The van der Waals surface area contributed by atoms with Crippen molar-refractivity contribution in [3.8, 4) is 11.5 Å². The average Bonchev–Trinajstić information content (AvgIpc) is 2.40. The summed E-state index contributed by atoms with van der Waals surface area (Å²) < 4.78 is 5.17. The maximum atomic E-state index is 12.4. The van der Waals surface area contributed by atoms with Crippen LogP contribution in [-0.2, 0) is 4.79 Å². The van der Waals surface area contributed by atoms with Gasteiger partial charge in [-0.2, -0.15) is 0 Å². The predicted octanol–water partition coefficient (Wildman–Crippen LogP) is 2.54. The van der Waals surface area contributed by atoms with Crippen LogP contribution in [0.15, 0.2) is 29.3 Å². The second kappa shape index (κ2) is 4.31.